The molecule has 0 bridgehead atoms. The Morgan fingerprint density at radius 2 is 1.76 bits per heavy atom. The van der Waals surface area contributed by atoms with Gasteiger partial charge in [-0.2, -0.15) is 0 Å². The van der Waals surface area contributed by atoms with Crippen LogP contribution in [-0.4, -0.2) is 32.0 Å². The number of anilines is 1. The van der Waals surface area contributed by atoms with Crippen molar-refractivity contribution in [1.82, 2.24) is 5.32 Å². The average Bonchev–Trinajstić information content (AvgIpc) is 2.61. The fourth-order valence-electron chi connectivity index (χ4n) is 2.25. The Morgan fingerprint density at radius 3 is 2.32 bits per heavy atom. The molecule has 2 aromatic carbocycles. The Morgan fingerprint density at radius 1 is 1.08 bits per heavy atom. The highest BCUT2D eigenvalue weighted by Crippen LogP contribution is 2.27. The number of methoxy groups -OCH3 is 1. The molecule has 0 spiro atoms. The van der Waals surface area contributed by atoms with Crippen molar-refractivity contribution >= 4 is 40.7 Å². The van der Waals surface area contributed by atoms with Crippen LogP contribution in [0.4, 0.5) is 5.69 Å². The Hall–Kier alpha value is -2.24. The number of amides is 2. The van der Waals surface area contributed by atoms with Crippen molar-refractivity contribution in [3.63, 3.8) is 0 Å². The van der Waals surface area contributed by atoms with Gasteiger partial charge in [-0.1, -0.05) is 23.2 Å². The van der Waals surface area contributed by atoms with Crippen LogP contribution >= 0.6 is 23.2 Å². The molecule has 0 unspecified atom stereocenters. The number of halogens is 2. The molecule has 0 fully saturated rings. The maximum absolute atomic E-state index is 12.1. The molecule has 0 atom stereocenters. The standard InChI is InChI=1S/C18H18Cl2N2O3/c1-12(23)22(14-5-8-16(19)17(20)11-14)10-9-21-18(24)13-3-6-15(25-2)7-4-13/h3-8,11H,9-10H2,1-2H3,(H,21,24). The van der Waals surface area contributed by atoms with E-state index >= 15 is 0 Å². The van der Waals surface area contributed by atoms with E-state index in [-0.39, 0.29) is 11.8 Å². The zero-order chi connectivity index (χ0) is 18.4. The first-order valence-corrected chi connectivity index (χ1v) is 8.33. The molecule has 0 aliphatic heterocycles. The molecular weight excluding hydrogens is 363 g/mol. The Balaban J connectivity index is 1.97. The smallest absolute Gasteiger partial charge is 0.251 e. The van der Waals surface area contributed by atoms with Crippen LogP contribution in [0.15, 0.2) is 42.5 Å². The second-order valence-corrected chi connectivity index (χ2v) is 6.07. The molecule has 5 nitrogen and oxygen atoms in total. The van der Waals surface area contributed by atoms with Gasteiger partial charge in [0.1, 0.15) is 5.75 Å². The molecule has 0 saturated heterocycles. The summed E-state index contributed by atoms with van der Waals surface area (Å²) < 4.78 is 5.06. The summed E-state index contributed by atoms with van der Waals surface area (Å²) in [5.74, 6) is 0.302. The van der Waals surface area contributed by atoms with Crippen molar-refractivity contribution < 1.29 is 14.3 Å². The van der Waals surface area contributed by atoms with Crippen molar-refractivity contribution in [2.75, 3.05) is 25.1 Å². The third-order valence-electron chi connectivity index (χ3n) is 3.57. The largest absolute Gasteiger partial charge is 0.497 e. The van der Waals surface area contributed by atoms with Crippen LogP contribution in [-0.2, 0) is 4.79 Å². The highest BCUT2D eigenvalue weighted by molar-refractivity contribution is 6.42. The lowest BCUT2D eigenvalue weighted by Crippen LogP contribution is -2.37. The van der Waals surface area contributed by atoms with Gasteiger partial charge in [-0.05, 0) is 42.5 Å². The third kappa shape index (κ3) is 5.11. The highest BCUT2D eigenvalue weighted by atomic mass is 35.5. The number of carbonyl (C=O) groups is 2. The summed E-state index contributed by atoms with van der Waals surface area (Å²) in [7, 11) is 1.56. The molecule has 1 N–H and O–H groups in total. The minimum atomic E-state index is -0.222. The summed E-state index contributed by atoms with van der Waals surface area (Å²) in [4.78, 5) is 25.5. The van der Waals surface area contributed by atoms with Gasteiger partial charge in [0.15, 0.2) is 0 Å². The summed E-state index contributed by atoms with van der Waals surface area (Å²) in [5, 5.41) is 3.57. The number of carbonyl (C=O) groups excluding carboxylic acids is 2. The molecule has 132 valence electrons. The Bertz CT molecular complexity index is 763. The molecule has 0 aliphatic carbocycles. The van der Waals surface area contributed by atoms with Crippen molar-refractivity contribution in [1.29, 1.82) is 0 Å². The van der Waals surface area contributed by atoms with E-state index in [4.69, 9.17) is 27.9 Å². The van der Waals surface area contributed by atoms with Crippen LogP contribution in [0.5, 0.6) is 5.75 Å². The molecule has 0 aliphatic rings. The fourth-order valence-corrected chi connectivity index (χ4v) is 2.54. The summed E-state index contributed by atoms with van der Waals surface area (Å²) >= 11 is 11.9. The van der Waals surface area contributed by atoms with Gasteiger partial charge in [-0.3, -0.25) is 9.59 Å². The molecule has 0 aromatic heterocycles. The van der Waals surface area contributed by atoms with Crippen LogP contribution in [0.2, 0.25) is 10.0 Å². The summed E-state index contributed by atoms with van der Waals surface area (Å²) in [6.07, 6.45) is 0. The van der Waals surface area contributed by atoms with E-state index < -0.39 is 0 Å². The SMILES string of the molecule is COc1ccc(C(=O)NCCN(C(C)=O)c2ccc(Cl)c(Cl)c2)cc1. The zero-order valence-electron chi connectivity index (χ0n) is 13.9. The summed E-state index contributed by atoms with van der Waals surface area (Å²) in [6, 6.07) is 11.7. The Labute approximate surface area is 156 Å². The van der Waals surface area contributed by atoms with Gasteiger partial charge >= 0.3 is 0 Å². The zero-order valence-corrected chi connectivity index (χ0v) is 15.4. The van der Waals surface area contributed by atoms with Crippen molar-refractivity contribution in [2.24, 2.45) is 0 Å². The van der Waals surface area contributed by atoms with Gasteiger partial charge in [-0.25, -0.2) is 0 Å². The van der Waals surface area contributed by atoms with Gasteiger partial charge in [0.05, 0.1) is 17.2 Å². The number of hydrogen-bond donors (Lipinski definition) is 1. The highest BCUT2D eigenvalue weighted by Gasteiger charge is 2.13. The first kappa shape index (κ1) is 19.1. The van der Waals surface area contributed by atoms with E-state index in [1.165, 1.54) is 11.8 Å². The first-order chi connectivity index (χ1) is 11.9. The maximum Gasteiger partial charge on any atom is 0.251 e. The van der Waals surface area contributed by atoms with E-state index in [1.54, 1.807) is 49.6 Å². The van der Waals surface area contributed by atoms with Gasteiger partial charge in [0, 0.05) is 31.3 Å². The second-order valence-electron chi connectivity index (χ2n) is 5.25. The molecule has 0 radical (unpaired) electrons. The van der Waals surface area contributed by atoms with Crippen LogP contribution in [0.25, 0.3) is 0 Å². The van der Waals surface area contributed by atoms with Crippen molar-refractivity contribution in [2.45, 2.75) is 6.92 Å². The molecular formula is C18H18Cl2N2O3. The van der Waals surface area contributed by atoms with Gasteiger partial charge in [-0.15, -0.1) is 0 Å². The lowest BCUT2D eigenvalue weighted by Gasteiger charge is -2.22. The molecule has 25 heavy (non-hydrogen) atoms. The topological polar surface area (TPSA) is 58.6 Å². The minimum absolute atomic E-state index is 0.155. The van der Waals surface area contributed by atoms with E-state index in [2.05, 4.69) is 5.32 Å². The van der Waals surface area contributed by atoms with Crippen LogP contribution in [0.1, 0.15) is 17.3 Å². The number of benzene rings is 2. The summed E-state index contributed by atoms with van der Waals surface area (Å²) in [5.41, 5.74) is 1.14. The number of rotatable bonds is 6. The van der Waals surface area contributed by atoms with Gasteiger partial charge in [0.2, 0.25) is 5.91 Å². The lowest BCUT2D eigenvalue weighted by atomic mass is 10.2. The molecule has 2 aromatic rings. The minimum Gasteiger partial charge on any atom is -0.497 e. The van der Waals surface area contributed by atoms with Gasteiger partial charge < -0.3 is 15.0 Å². The first-order valence-electron chi connectivity index (χ1n) is 7.57. The number of hydrogen-bond acceptors (Lipinski definition) is 3. The molecule has 2 rings (SSSR count). The van der Waals surface area contributed by atoms with Gasteiger partial charge in [0.25, 0.3) is 5.91 Å². The van der Waals surface area contributed by atoms with E-state index in [9.17, 15) is 9.59 Å². The predicted octanol–water partition coefficient (Wildman–Crippen LogP) is 3.78. The van der Waals surface area contributed by atoms with Crippen LogP contribution in [0.3, 0.4) is 0 Å². The normalized spacial score (nSPS) is 10.2. The average molecular weight is 381 g/mol. The third-order valence-corrected chi connectivity index (χ3v) is 4.31. The molecule has 0 heterocycles. The second kappa shape index (κ2) is 8.74. The number of nitrogens with zero attached hydrogens (tertiary/aromatic N) is 1. The number of ether oxygens (including phenoxy) is 1. The quantitative estimate of drug-likeness (QED) is 0.829. The lowest BCUT2D eigenvalue weighted by molar-refractivity contribution is -0.116. The van der Waals surface area contributed by atoms with E-state index in [0.717, 1.165) is 0 Å². The molecule has 7 heteroatoms. The van der Waals surface area contributed by atoms with Crippen LogP contribution < -0.4 is 15.0 Å². The molecule has 0 saturated carbocycles. The van der Waals surface area contributed by atoms with E-state index in [0.29, 0.717) is 40.1 Å². The maximum atomic E-state index is 12.1. The predicted molar refractivity (Wildman–Crippen MR) is 99.8 cm³/mol. The van der Waals surface area contributed by atoms with Crippen molar-refractivity contribution in [3.8, 4) is 5.75 Å². The number of nitrogens with one attached hydrogen (secondary N) is 1. The van der Waals surface area contributed by atoms with E-state index in [1.807, 2.05) is 0 Å². The Kier molecular flexibility index (Phi) is 6.67. The molecule has 2 amide bonds. The van der Waals surface area contributed by atoms with Crippen LogP contribution in [0, 0.1) is 0 Å². The monoisotopic (exact) mass is 380 g/mol. The fraction of sp³-hybridized carbons (Fsp3) is 0.222. The van der Waals surface area contributed by atoms with Crippen molar-refractivity contribution in [3.05, 3.63) is 58.1 Å². The summed E-state index contributed by atoms with van der Waals surface area (Å²) in [6.45, 7) is 2.06.